The highest BCUT2D eigenvalue weighted by molar-refractivity contribution is 6.01. The summed E-state index contributed by atoms with van der Waals surface area (Å²) in [6.07, 6.45) is 4.17. The Balaban J connectivity index is 3.06. The molecule has 0 aliphatic heterocycles. The standard InChI is InChI=1S/C13H21N2O5/c1-6-19-10(2)20-12(17)13(3,11(16)18-5)15-8-7-14(4)9-15/h7-10H,6H2,1-5H3/q+1. The Morgan fingerprint density at radius 2 is 2.05 bits per heavy atom. The predicted molar refractivity (Wildman–Crippen MR) is 68.5 cm³/mol. The number of aromatic nitrogens is 2. The van der Waals surface area contributed by atoms with E-state index in [1.807, 2.05) is 0 Å². The van der Waals surface area contributed by atoms with Crippen molar-refractivity contribution in [2.75, 3.05) is 13.7 Å². The van der Waals surface area contributed by atoms with Gasteiger partial charge in [-0.1, -0.05) is 0 Å². The summed E-state index contributed by atoms with van der Waals surface area (Å²) in [5.74, 6) is -1.44. The van der Waals surface area contributed by atoms with Crippen molar-refractivity contribution in [2.45, 2.75) is 32.6 Å². The number of esters is 2. The summed E-state index contributed by atoms with van der Waals surface area (Å²) >= 11 is 0. The molecule has 0 bridgehead atoms. The van der Waals surface area contributed by atoms with E-state index in [9.17, 15) is 9.59 Å². The molecule has 2 atom stereocenters. The zero-order valence-corrected chi connectivity index (χ0v) is 12.5. The highest BCUT2D eigenvalue weighted by atomic mass is 16.7. The van der Waals surface area contributed by atoms with Crippen molar-refractivity contribution in [3.05, 3.63) is 18.7 Å². The van der Waals surface area contributed by atoms with Gasteiger partial charge in [-0.2, -0.15) is 0 Å². The molecule has 7 nitrogen and oxygen atoms in total. The van der Waals surface area contributed by atoms with Gasteiger partial charge in [0.25, 0.3) is 0 Å². The Morgan fingerprint density at radius 1 is 1.40 bits per heavy atom. The molecule has 0 saturated carbocycles. The third kappa shape index (κ3) is 3.16. The number of carbonyl (C=O) groups is 2. The van der Waals surface area contributed by atoms with Crippen LogP contribution >= 0.6 is 0 Å². The van der Waals surface area contributed by atoms with E-state index in [4.69, 9.17) is 14.2 Å². The van der Waals surface area contributed by atoms with Crippen LogP contribution in [0.15, 0.2) is 18.7 Å². The lowest BCUT2D eigenvalue weighted by Crippen LogP contribution is -2.49. The molecule has 1 rings (SSSR count). The van der Waals surface area contributed by atoms with Crippen molar-refractivity contribution in [3.8, 4) is 0 Å². The summed E-state index contributed by atoms with van der Waals surface area (Å²) in [4.78, 5) is 24.4. The number of hydrogen-bond acceptors (Lipinski definition) is 5. The maximum absolute atomic E-state index is 12.3. The second-order valence-corrected chi connectivity index (χ2v) is 4.48. The molecule has 0 aromatic carbocycles. The molecule has 7 heteroatoms. The largest absolute Gasteiger partial charge is 0.465 e. The number of imidazole rings is 1. The molecular weight excluding hydrogens is 264 g/mol. The van der Waals surface area contributed by atoms with Crippen molar-refractivity contribution in [2.24, 2.45) is 7.05 Å². The topological polar surface area (TPSA) is 70.6 Å². The fourth-order valence-corrected chi connectivity index (χ4v) is 1.74. The summed E-state index contributed by atoms with van der Waals surface area (Å²) in [7, 11) is 3.01. The summed E-state index contributed by atoms with van der Waals surface area (Å²) in [5, 5.41) is 0. The molecule has 0 amide bonds. The molecule has 1 aromatic heterocycles. The van der Waals surface area contributed by atoms with Gasteiger partial charge in [-0.05, 0) is 13.8 Å². The first kappa shape index (κ1) is 16.2. The Bertz CT molecular complexity index is 485. The summed E-state index contributed by atoms with van der Waals surface area (Å²) in [6.45, 7) is 5.23. The van der Waals surface area contributed by atoms with Crippen LogP contribution < -0.4 is 4.57 Å². The van der Waals surface area contributed by atoms with Gasteiger partial charge in [-0.25, -0.2) is 18.7 Å². The van der Waals surface area contributed by atoms with Gasteiger partial charge in [0, 0.05) is 13.5 Å². The van der Waals surface area contributed by atoms with Crippen LogP contribution in [0.25, 0.3) is 0 Å². The first-order chi connectivity index (χ1) is 9.36. The Hall–Kier alpha value is -1.89. The van der Waals surface area contributed by atoms with E-state index >= 15 is 0 Å². The molecule has 20 heavy (non-hydrogen) atoms. The number of hydrogen-bond donors (Lipinski definition) is 0. The minimum atomic E-state index is -1.60. The fourth-order valence-electron chi connectivity index (χ4n) is 1.74. The van der Waals surface area contributed by atoms with Crippen molar-refractivity contribution in [1.82, 2.24) is 4.57 Å². The molecule has 0 aliphatic carbocycles. The number of rotatable bonds is 6. The molecule has 0 spiro atoms. The van der Waals surface area contributed by atoms with E-state index in [1.54, 1.807) is 44.2 Å². The molecular formula is C13H21N2O5+. The van der Waals surface area contributed by atoms with Gasteiger partial charge in [0.1, 0.15) is 12.4 Å². The Morgan fingerprint density at radius 3 is 2.50 bits per heavy atom. The fraction of sp³-hybridized carbons (Fsp3) is 0.615. The normalized spacial score (nSPS) is 15.2. The summed E-state index contributed by atoms with van der Waals surface area (Å²) < 4.78 is 18.2. The van der Waals surface area contributed by atoms with E-state index in [0.29, 0.717) is 6.61 Å². The third-order valence-corrected chi connectivity index (χ3v) is 2.94. The maximum Gasteiger partial charge on any atom is 0.369 e. The zero-order chi connectivity index (χ0) is 15.3. The van der Waals surface area contributed by atoms with Gasteiger partial charge < -0.3 is 14.2 Å². The van der Waals surface area contributed by atoms with Crippen LogP contribution in [0.5, 0.6) is 0 Å². The molecule has 112 valence electrons. The van der Waals surface area contributed by atoms with Gasteiger partial charge in [-0.15, -0.1) is 0 Å². The van der Waals surface area contributed by atoms with E-state index in [1.165, 1.54) is 18.6 Å². The summed E-state index contributed by atoms with van der Waals surface area (Å²) in [6, 6.07) is 0. The molecule has 1 heterocycles. The molecule has 0 N–H and O–H groups in total. The maximum atomic E-state index is 12.3. The second kappa shape index (κ2) is 6.51. The Kier molecular flexibility index (Phi) is 5.26. The van der Waals surface area contributed by atoms with Crippen molar-refractivity contribution in [1.29, 1.82) is 0 Å². The van der Waals surface area contributed by atoms with Crippen LogP contribution in [0.4, 0.5) is 0 Å². The lowest BCUT2D eigenvalue weighted by atomic mass is 10.0. The highest BCUT2D eigenvalue weighted by Crippen LogP contribution is 2.20. The second-order valence-electron chi connectivity index (χ2n) is 4.48. The lowest BCUT2D eigenvalue weighted by Gasteiger charge is -2.23. The SMILES string of the molecule is CCOC(C)OC(=O)C(C)(C(=O)OC)n1cc[n+](C)c1. The van der Waals surface area contributed by atoms with Gasteiger partial charge in [0.2, 0.25) is 6.33 Å². The van der Waals surface area contributed by atoms with Gasteiger partial charge in [0.05, 0.1) is 14.2 Å². The van der Waals surface area contributed by atoms with E-state index in [2.05, 4.69) is 0 Å². The average molecular weight is 285 g/mol. The monoisotopic (exact) mass is 285 g/mol. The molecule has 1 aromatic rings. The van der Waals surface area contributed by atoms with E-state index < -0.39 is 23.8 Å². The Labute approximate surface area is 118 Å². The average Bonchev–Trinajstić information content (AvgIpc) is 2.83. The predicted octanol–water partition coefficient (Wildman–Crippen LogP) is 0.127. The number of aryl methyl sites for hydroxylation is 1. The molecule has 0 aliphatic rings. The number of ether oxygens (including phenoxy) is 3. The lowest BCUT2D eigenvalue weighted by molar-refractivity contribution is -0.671. The van der Waals surface area contributed by atoms with Gasteiger partial charge >= 0.3 is 17.5 Å². The van der Waals surface area contributed by atoms with Gasteiger partial charge in [-0.3, -0.25) is 0 Å². The number of carbonyl (C=O) groups excluding carboxylic acids is 2. The van der Waals surface area contributed by atoms with Crippen LogP contribution in [0.1, 0.15) is 20.8 Å². The van der Waals surface area contributed by atoms with E-state index in [0.717, 1.165) is 0 Å². The van der Waals surface area contributed by atoms with Crippen LogP contribution in [-0.4, -0.2) is 36.5 Å². The highest BCUT2D eigenvalue weighted by Gasteiger charge is 2.51. The van der Waals surface area contributed by atoms with Crippen molar-refractivity contribution in [3.63, 3.8) is 0 Å². The number of nitrogens with zero attached hydrogens (tertiary/aromatic N) is 2. The first-order valence-corrected chi connectivity index (χ1v) is 6.31. The molecule has 0 saturated heterocycles. The van der Waals surface area contributed by atoms with Crippen LogP contribution in [-0.2, 0) is 36.4 Å². The summed E-state index contributed by atoms with van der Waals surface area (Å²) in [5.41, 5.74) is -1.60. The zero-order valence-electron chi connectivity index (χ0n) is 12.5. The van der Waals surface area contributed by atoms with Crippen molar-refractivity contribution < 1.29 is 28.4 Å². The third-order valence-electron chi connectivity index (χ3n) is 2.94. The van der Waals surface area contributed by atoms with Crippen LogP contribution in [0, 0.1) is 0 Å². The van der Waals surface area contributed by atoms with Crippen LogP contribution in [0.2, 0.25) is 0 Å². The van der Waals surface area contributed by atoms with Gasteiger partial charge in [0.15, 0.2) is 6.29 Å². The molecule has 2 unspecified atom stereocenters. The first-order valence-electron chi connectivity index (χ1n) is 6.31. The quantitative estimate of drug-likeness (QED) is 0.321. The number of methoxy groups -OCH3 is 1. The van der Waals surface area contributed by atoms with Crippen molar-refractivity contribution >= 4 is 11.9 Å². The van der Waals surface area contributed by atoms with E-state index in [-0.39, 0.29) is 0 Å². The molecule has 0 radical (unpaired) electrons. The smallest absolute Gasteiger partial charge is 0.369 e. The minimum absolute atomic E-state index is 0.405. The van der Waals surface area contributed by atoms with Crippen LogP contribution in [0.3, 0.4) is 0 Å². The molecule has 0 fully saturated rings. The minimum Gasteiger partial charge on any atom is -0.465 e.